The van der Waals surface area contributed by atoms with Gasteiger partial charge in [-0.3, -0.25) is 9.40 Å². The summed E-state index contributed by atoms with van der Waals surface area (Å²) >= 11 is 0. The average Bonchev–Trinajstić information content (AvgIpc) is 3.29. The highest BCUT2D eigenvalue weighted by Crippen LogP contribution is 2.32. The van der Waals surface area contributed by atoms with E-state index in [0.29, 0.717) is 11.2 Å². The van der Waals surface area contributed by atoms with Gasteiger partial charge in [-0.15, -0.1) is 0 Å². The van der Waals surface area contributed by atoms with Crippen molar-refractivity contribution < 1.29 is 30.0 Å². The maximum Gasteiger partial charge on any atom is 0.209 e. The van der Waals surface area contributed by atoms with Crippen molar-refractivity contribution in [3.05, 3.63) is 12.2 Å². The van der Waals surface area contributed by atoms with Crippen LogP contribution >= 0.6 is 0 Å². The quantitative estimate of drug-likeness (QED) is 0.318. The zero-order valence-electron chi connectivity index (χ0n) is 16.5. The van der Waals surface area contributed by atoms with Crippen molar-refractivity contribution >= 4 is 17.0 Å². The molecule has 11 nitrogen and oxygen atoms in total. The van der Waals surface area contributed by atoms with E-state index in [1.165, 1.54) is 18.0 Å². The van der Waals surface area contributed by atoms with Gasteiger partial charge in [0.1, 0.15) is 18.3 Å². The number of fused-ring (bicyclic) bond motifs is 1. The van der Waals surface area contributed by atoms with E-state index in [1.807, 2.05) is 0 Å². The van der Waals surface area contributed by atoms with E-state index in [0.717, 1.165) is 25.7 Å². The highest BCUT2D eigenvalue weighted by Gasteiger charge is 2.44. The maximum absolute atomic E-state index is 10.4. The molecule has 11 heteroatoms. The number of nitrogens with zero attached hydrogens (tertiary/aromatic N) is 4. The minimum atomic E-state index is -1.28. The van der Waals surface area contributed by atoms with Crippen LogP contribution in [0.15, 0.2) is 6.33 Å². The number of hydrogen-bond acceptors (Lipinski definition) is 10. The van der Waals surface area contributed by atoms with Crippen LogP contribution in [0.3, 0.4) is 0 Å². The van der Waals surface area contributed by atoms with Crippen molar-refractivity contribution in [2.24, 2.45) is 5.92 Å². The van der Waals surface area contributed by atoms with Gasteiger partial charge in [0.2, 0.25) is 5.82 Å². The third-order valence-corrected chi connectivity index (χ3v) is 5.51. The van der Waals surface area contributed by atoms with E-state index >= 15 is 0 Å². The molecule has 0 aromatic carbocycles. The van der Waals surface area contributed by atoms with E-state index in [4.69, 9.17) is 9.57 Å². The number of nitrogens with one attached hydrogen (secondary N) is 1. The fourth-order valence-corrected chi connectivity index (χ4v) is 3.87. The second kappa shape index (κ2) is 8.81. The van der Waals surface area contributed by atoms with Gasteiger partial charge in [0.15, 0.2) is 23.2 Å². The Hall–Kier alpha value is -2.33. The molecule has 30 heavy (non-hydrogen) atoms. The van der Waals surface area contributed by atoms with Crippen molar-refractivity contribution in [1.82, 2.24) is 19.5 Å². The predicted molar refractivity (Wildman–Crippen MR) is 104 cm³/mol. The van der Waals surface area contributed by atoms with Gasteiger partial charge >= 0.3 is 0 Å². The molecule has 1 saturated heterocycles. The van der Waals surface area contributed by atoms with Crippen LogP contribution in [0.1, 0.15) is 37.7 Å². The number of aromatic nitrogens is 4. The molecule has 0 amide bonds. The number of hydrogen-bond donors (Lipinski definition) is 5. The first-order valence-electron chi connectivity index (χ1n) is 9.89. The molecule has 1 aliphatic heterocycles. The SMILES string of the molecule is CONc1nc(C#CC2CCCCC2O)nc2c1ncn2[C@@H]1O[C@H](CO)[C@@H](O)[C@H]1O. The topological polar surface area (TPSA) is 155 Å². The molecule has 0 spiro atoms. The average molecular weight is 419 g/mol. The summed E-state index contributed by atoms with van der Waals surface area (Å²) in [6.07, 6.45) is 0.0645. The van der Waals surface area contributed by atoms with Crippen molar-refractivity contribution in [1.29, 1.82) is 0 Å². The van der Waals surface area contributed by atoms with Gasteiger partial charge in [-0.2, -0.15) is 4.98 Å². The first-order chi connectivity index (χ1) is 14.5. The third-order valence-electron chi connectivity index (χ3n) is 5.51. The number of aliphatic hydroxyl groups excluding tert-OH is 4. The van der Waals surface area contributed by atoms with Crippen LogP contribution in [0.25, 0.3) is 11.2 Å². The molecule has 2 fully saturated rings. The van der Waals surface area contributed by atoms with Crippen LogP contribution in [0.2, 0.25) is 0 Å². The Morgan fingerprint density at radius 1 is 1.23 bits per heavy atom. The van der Waals surface area contributed by atoms with Gasteiger partial charge < -0.3 is 25.2 Å². The lowest BCUT2D eigenvalue weighted by molar-refractivity contribution is -0.0511. The highest BCUT2D eigenvalue weighted by molar-refractivity contribution is 5.83. The molecule has 2 aliphatic rings. The van der Waals surface area contributed by atoms with Gasteiger partial charge in [-0.25, -0.2) is 15.4 Å². The molecule has 162 valence electrons. The Bertz CT molecular complexity index is 956. The Morgan fingerprint density at radius 2 is 2.03 bits per heavy atom. The zero-order chi connectivity index (χ0) is 21.3. The van der Waals surface area contributed by atoms with Gasteiger partial charge in [0.05, 0.1) is 26.1 Å². The summed E-state index contributed by atoms with van der Waals surface area (Å²) in [5.74, 6) is 6.31. The fraction of sp³-hybridized carbons (Fsp3) is 0.632. The summed E-state index contributed by atoms with van der Waals surface area (Å²) in [5.41, 5.74) is 3.32. The number of rotatable bonds is 4. The van der Waals surface area contributed by atoms with E-state index in [9.17, 15) is 20.4 Å². The first-order valence-corrected chi connectivity index (χ1v) is 9.89. The molecule has 0 bridgehead atoms. The van der Waals surface area contributed by atoms with Crippen LogP contribution in [0.4, 0.5) is 5.82 Å². The lowest BCUT2D eigenvalue weighted by atomic mass is 9.87. The highest BCUT2D eigenvalue weighted by atomic mass is 16.6. The van der Waals surface area contributed by atoms with Crippen molar-refractivity contribution in [3.8, 4) is 11.8 Å². The summed E-state index contributed by atoms with van der Waals surface area (Å²) < 4.78 is 7.05. The van der Waals surface area contributed by atoms with Crippen LogP contribution in [-0.2, 0) is 9.57 Å². The zero-order valence-corrected chi connectivity index (χ0v) is 16.5. The van der Waals surface area contributed by atoms with E-state index < -0.39 is 37.3 Å². The van der Waals surface area contributed by atoms with Gasteiger partial charge in [-0.05, 0) is 18.8 Å². The second-order valence-electron chi connectivity index (χ2n) is 7.48. The van der Waals surface area contributed by atoms with Crippen molar-refractivity contribution in [2.45, 2.75) is 56.3 Å². The van der Waals surface area contributed by atoms with Gasteiger partial charge in [0, 0.05) is 5.92 Å². The summed E-state index contributed by atoms with van der Waals surface area (Å²) in [7, 11) is 1.43. The number of aliphatic hydroxyl groups is 4. The molecular formula is C19H25N5O6. The third kappa shape index (κ3) is 3.85. The second-order valence-corrected chi connectivity index (χ2v) is 7.48. The molecule has 5 N–H and O–H groups in total. The largest absolute Gasteiger partial charge is 0.394 e. The maximum atomic E-state index is 10.4. The monoisotopic (exact) mass is 419 g/mol. The van der Waals surface area contributed by atoms with Crippen molar-refractivity contribution in [2.75, 3.05) is 19.2 Å². The molecule has 2 aromatic rings. The van der Waals surface area contributed by atoms with Crippen LogP contribution in [0.5, 0.6) is 0 Å². The number of imidazole rings is 1. The van der Waals surface area contributed by atoms with E-state index in [1.54, 1.807) is 0 Å². The molecule has 1 saturated carbocycles. The smallest absolute Gasteiger partial charge is 0.209 e. The standard InChI is InChI=1S/C19H25N5O6/c1-29-23-17-14-18(22-13(21-17)7-6-10-4-2-3-5-11(10)26)24(9-20-14)19-16(28)15(27)12(8-25)30-19/h9-12,15-16,19,25-28H,2-5,8H2,1H3,(H,21,22,23)/t10?,11?,12-,15-,16-,19-/m1/s1. The van der Waals surface area contributed by atoms with Crippen molar-refractivity contribution in [3.63, 3.8) is 0 Å². The summed E-state index contributed by atoms with van der Waals surface area (Å²) in [4.78, 5) is 18.0. The van der Waals surface area contributed by atoms with E-state index in [-0.39, 0.29) is 17.6 Å². The Labute approximate surface area is 172 Å². The minimum absolute atomic E-state index is 0.137. The van der Waals surface area contributed by atoms with Gasteiger partial charge in [-0.1, -0.05) is 18.8 Å². The number of anilines is 1. The minimum Gasteiger partial charge on any atom is -0.394 e. The molecule has 6 atom stereocenters. The van der Waals surface area contributed by atoms with Crippen LogP contribution in [-0.4, -0.2) is 78.1 Å². The van der Waals surface area contributed by atoms with Gasteiger partial charge in [0.25, 0.3) is 0 Å². The Kier molecular flexibility index (Phi) is 6.14. The molecular weight excluding hydrogens is 394 g/mol. The normalized spacial score (nSPS) is 31.5. The fourth-order valence-electron chi connectivity index (χ4n) is 3.87. The Balaban J connectivity index is 1.72. The molecule has 2 unspecified atom stereocenters. The molecule has 4 rings (SSSR count). The molecule has 0 radical (unpaired) electrons. The Morgan fingerprint density at radius 3 is 2.73 bits per heavy atom. The molecule has 1 aliphatic carbocycles. The molecule has 2 aromatic heterocycles. The lowest BCUT2D eigenvalue weighted by Gasteiger charge is -2.22. The van der Waals surface area contributed by atoms with Crippen LogP contribution in [0, 0.1) is 17.8 Å². The van der Waals surface area contributed by atoms with E-state index in [2.05, 4.69) is 32.3 Å². The number of ether oxygens (including phenoxy) is 1. The first kappa shape index (κ1) is 20.9. The predicted octanol–water partition coefficient (Wildman–Crippen LogP) is -0.686. The lowest BCUT2D eigenvalue weighted by Crippen LogP contribution is -2.33. The summed E-state index contributed by atoms with van der Waals surface area (Å²) in [5, 5.41) is 39.9. The molecule has 3 heterocycles. The van der Waals surface area contributed by atoms with Crippen LogP contribution < -0.4 is 5.48 Å². The summed E-state index contributed by atoms with van der Waals surface area (Å²) in [6.45, 7) is -0.437. The summed E-state index contributed by atoms with van der Waals surface area (Å²) in [6, 6.07) is 0.